The first-order valence-electron chi connectivity index (χ1n) is 5.24. The van der Waals surface area contributed by atoms with Gasteiger partial charge in [0.15, 0.2) is 5.82 Å². The van der Waals surface area contributed by atoms with Crippen molar-refractivity contribution in [1.82, 2.24) is 19.7 Å². The molecule has 2 rings (SSSR count). The summed E-state index contributed by atoms with van der Waals surface area (Å²) in [7, 11) is 0. The summed E-state index contributed by atoms with van der Waals surface area (Å²) in [5, 5.41) is 17.2. The first-order valence-corrected chi connectivity index (χ1v) is 6.02. The molecule has 0 saturated carbocycles. The SMILES string of the molecule is CC(O)c1noc(-c2snnc2C(C)(C)C)n1. The van der Waals surface area contributed by atoms with Crippen molar-refractivity contribution in [3.8, 4) is 10.8 Å². The number of rotatable bonds is 2. The van der Waals surface area contributed by atoms with Gasteiger partial charge in [-0.3, -0.25) is 0 Å². The average Bonchev–Trinajstić information content (AvgIpc) is 2.85. The van der Waals surface area contributed by atoms with Gasteiger partial charge in [0.05, 0.1) is 5.69 Å². The maximum absolute atomic E-state index is 9.35. The molecule has 0 amide bonds. The van der Waals surface area contributed by atoms with Crippen LogP contribution in [0.2, 0.25) is 0 Å². The standard InChI is InChI=1S/C10H14N4O2S/c1-5(15)8-11-9(16-13-8)6-7(10(2,3)4)12-14-17-6/h5,15H,1-4H3. The van der Waals surface area contributed by atoms with E-state index in [-0.39, 0.29) is 11.2 Å². The Hall–Kier alpha value is -1.34. The Bertz CT molecular complexity index is 512. The third-order valence-corrected chi connectivity index (χ3v) is 2.92. The van der Waals surface area contributed by atoms with Crippen LogP contribution in [0.4, 0.5) is 0 Å². The summed E-state index contributed by atoms with van der Waals surface area (Å²) in [6.07, 6.45) is -0.744. The molecule has 17 heavy (non-hydrogen) atoms. The fraction of sp³-hybridized carbons (Fsp3) is 0.600. The molecule has 2 aromatic heterocycles. The molecule has 1 atom stereocenters. The van der Waals surface area contributed by atoms with Crippen LogP contribution in [0.3, 0.4) is 0 Å². The molecule has 0 radical (unpaired) electrons. The minimum absolute atomic E-state index is 0.137. The minimum atomic E-state index is -0.744. The van der Waals surface area contributed by atoms with E-state index in [2.05, 4.69) is 19.7 Å². The van der Waals surface area contributed by atoms with E-state index >= 15 is 0 Å². The Morgan fingerprint density at radius 3 is 2.59 bits per heavy atom. The summed E-state index contributed by atoms with van der Waals surface area (Å²) < 4.78 is 9.04. The Balaban J connectivity index is 2.43. The Morgan fingerprint density at radius 2 is 2.06 bits per heavy atom. The van der Waals surface area contributed by atoms with Crippen molar-refractivity contribution < 1.29 is 9.63 Å². The molecule has 2 aromatic rings. The van der Waals surface area contributed by atoms with Gasteiger partial charge < -0.3 is 9.63 Å². The van der Waals surface area contributed by atoms with Gasteiger partial charge in [0.25, 0.3) is 5.89 Å². The summed E-state index contributed by atoms with van der Waals surface area (Å²) >= 11 is 1.22. The van der Waals surface area contributed by atoms with Crippen molar-refractivity contribution in [2.24, 2.45) is 0 Å². The second-order valence-corrected chi connectivity index (χ2v) is 5.59. The van der Waals surface area contributed by atoms with Gasteiger partial charge in [0, 0.05) is 5.41 Å². The van der Waals surface area contributed by atoms with Gasteiger partial charge in [0.1, 0.15) is 11.0 Å². The predicted octanol–water partition coefficient (Wildman–Crippen LogP) is 1.94. The van der Waals surface area contributed by atoms with Gasteiger partial charge in [-0.1, -0.05) is 30.4 Å². The third-order valence-electron chi connectivity index (χ3n) is 2.21. The highest BCUT2D eigenvalue weighted by atomic mass is 32.1. The predicted molar refractivity (Wildman–Crippen MR) is 62.5 cm³/mol. The van der Waals surface area contributed by atoms with Gasteiger partial charge in [-0.05, 0) is 18.5 Å². The monoisotopic (exact) mass is 254 g/mol. The van der Waals surface area contributed by atoms with Crippen molar-refractivity contribution in [1.29, 1.82) is 0 Å². The van der Waals surface area contributed by atoms with Crippen LogP contribution in [0, 0.1) is 0 Å². The van der Waals surface area contributed by atoms with Crippen LogP contribution in [0.25, 0.3) is 10.8 Å². The lowest BCUT2D eigenvalue weighted by molar-refractivity contribution is 0.184. The van der Waals surface area contributed by atoms with Crippen molar-refractivity contribution in [3.63, 3.8) is 0 Å². The lowest BCUT2D eigenvalue weighted by atomic mass is 9.91. The van der Waals surface area contributed by atoms with Crippen molar-refractivity contribution in [3.05, 3.63) is 11.5 Å². The lowest BCUT2D eigenvalue weighted by Gasteiger charge is -2.14. The second kappa shape index (κ2) is 4.15. The molecule has 0 fully saturated rings. The van der Waals surface area contributed by atoms with E-state index in [1.165, 1.54) is 11.5 Å². The highest BCUT2D eigenvalue weighted by Gasteiger charge is 2.26. The zero-order valence-electron chi connectivity index (χ0n) is 10.1. The molecule has 0 aliphatic rings. The first-order chi connectivity index (χ1) is 7.89. The number of aliphatic hydroxyl groups excluding tert-OH is 1. The largest absolute Gasteiger partial charge is 0.385 e. The fourth-order valence-electron chi connectivity index (χ4n) is 1.32. The summed E-state index contributed by atoms with van der Waals surface area (Å²) in [5.74, 6) is 0.633. The quantitative estimate of drug-likeness (QED) is 0.881. The lowest BCUT2D eigenvalue weighted by Crippen LogP contribution is -2.13. The Morgan fingerprint density at radius 1 is 1.35 bits per heavy atom. The Kier molecular flexibility index (Phi) is 2.96. The summed E-state index contributed by atoms with van der Waals surface area (Å²) in [5.41, 5.74) is 0.685. The first kappa shape index (κ1) is 12.1. The Labute approximate surface area is 103 Å². The zero-order chi connectivity index (χ0) is 12.6. The molecular weight excluding hydrogens is 240 g/mol. The van der Waals surface area contributed by atoms with Gasteiger partial charge >= 0.3 is 0 Å². The smallest absolute Gasteiger partial charge is 0.271 e. The molecule has 0 spiro atoms. The van der Waals surface area contributed by atoms with Crippen LogP contribution < -0.4 is 0 Å². The van der Waals surface area contributed by atoms with Crippen molar-refractivity contribution >= 4 is 11.5 Å². The van der Waals surface area contributed by atoms with E-state index in [9.17, 15) is 5.11 Å². The van der Waals surface area contributed by atoms with Crippen LogP contribution in [-0.2, 0) is 5.41 Å². The number of aliphatic hydroxyl groups is 1. The summed E-state index contributed by atoms with van der Waals surface area (Å²) in [4.78, 5) is 4.89. The van der Waals surface area contributed by atoms with Crippen molar-refractivity contribution in [2.75, 3.05) is 0 Å². The molecule has 0 aromatic carbocycles. The number of aromatic nitrogens is 4. The molecule has 7 heteroatoms. The fourth-order valence-corrected chi connectivity index (χ4v) is 2.12. The molecule has 0 aliphatic heterocycles. The molecule has 92 valence electrons. The van der Waals surface area contributed by atoms with E-state index in [1.807, 2.05) is 20.8 Å². The van der Waals surface area contributed by atoms with E-state index < -0.39 is 6.10 Å². The number of nitrogens with zero attached hydrogens (tertiary/aromatic N) is 4. The summed E-state index contributed by atoms with van der Waals surface area (Å²) in [6.45, 7) is 7.71. The van der Waals surface area contributed by atoms with E-state index in [4.69, 9.17) is 4.52 Å². The van der Waals surface area contributed by atoms with Crippen molar-refractivity contribution in [2.45, 2.75) is 39.2 Å². The van der Waals surface area contributed by atoms with Crippen LogP contribution in [-0.4, -0.2) is 24.8 Å². The highest BCUT2D eigenvalue weighted by molar-refractivity contribution is 7.09. The molecule has 2 heterocycles. The molecule has 0 aliphatic carbocycles. The molecular formula is C10H14N4O2S. The van der Waals surface area contributed by atoms with Crippen LogP contribution >= 0.6 is 11.5 Å². The minimum Gasteiger partial charge on any atom is -0.385 e. The van der Waals surface area contributed by atoms with Gasteiger partial charge in [-0.25, -0.2) is 0 Å². The molecule has 0 bridgehead atoms. The summed E-state index contributed by atoms with van der Waals surface area (Å²) in [6, 6.07) is 0. The van der Waals surface area contributed by atoms with Crippen LogP contribution in [0.15, 0.2) is 4.52 Å². The highest BCUT2D eigenvalue weighted by Crippen LogP contribution is 2.33. The normalized spacial score (nSPS) is 13.9. The van der Waals surface area contributed by atoms with Gasteiger partial charge in [-0.2, -0.15) is 4.98 Å². The molecule has 0 saturated heterocycles. The number of hydrogen-bond donors (Lipinski definition) is 1. The van der Waals surface area contributed by atoms with E-state index in [0.29, 0.717) is 5.89 Å². The molecule has 6 nitrogen and oxygen atoms in total. The van der Waals surface area contributed by atoms with E-state index in [0.717, 1.165) is 10.6 Å². The van der Waals surface area contributed by atoms with Crippen LogP contribution in [0.1, 0.15) is 45.3 Å². The molecule has 1 unspecified atom stereocenters. The topological polar surface area (TPSA) is 84.9 Å². The second-order valence-electron chi connectivity index (χ2n) is 4.83. The van der Waals surface area contributed by atoms with Crippen LogP contribution in [0.5, 0.6) is 0 Å². The average molecular weight is 254 g/mol. The van der Waals surface area contributed by atoms with E-state index in [1.54, 1.807) is 6.92 Å². The maximum atomic E-state index is 9.35. The van der Waals surface area contributed by atoms with Gasteiger partial charge in [-0.15, -0.1) is 5.10 Å². The molecule has 1 N–H and O–H groups in total. The maximum Gasteiger partial charge on any atom is 0.271 e. The third kappa shape index (κ3) is 2.34. The zero-order valence-corrected chi connectivity index (χ0v) is 10.9. The number of hydrogen-bond acceptors (Lipinski definition) is 7. The van der Waals surface area contributed by atoms with Gasteiger partial charge in [0.2, 0.25) is 0 Å².